The van der Waals surface area contributed by atoms with Crippen molar-refractivity contribution in [3.63, 3.8) is 0 Å². The Morgan fingerprint density at radius 2 is 1.76 bits per heavy atom. The van der Waals surface area contributed by atoms with Gasteiger partial charge >= 0.3 is 0 Å². The lowest BCUT2D eigenvalue weighted by atomic mass is 9.95. The Morgan fingerprint density at radius 1 is 1.06 bits per heavy atom. The Morgan fingerprint density at radius 3 is 2.44 bits per heavy atom. The van der Waals surface area contributed by atoms with Crippen LogP contribution >= 0.6 is 0 Å². The van der Waals surface area contributed by atoms with Crippen molar-refractivity contribution >= 4 is 23.2 Å². The number of nitrogens with zero attached hydrogens (tertiary/aromatic N) is 3. The van der Waals surface area contributed by atoms with Crippen LogP contribution in [-0.4, -0.2) is 54.4 Å². The Balaban J connectivity index is 1.35. The summed E-state index contributed by atoms with van der Waals surface area (Å²) in [4.78, 5) is 40.5. The highest BCUT2D eigenvalue weighted by molar-refractivity contribution is 6.00. The number of hydrogen-bond acceptors (Lipinski definition) is 5. The van der Waals surface area contributed by atoms with Crippen molar-refractivity contribution in [1.29, 1.82) is 0 Å². The molecular weight excluding hydrogens is 439 g/mol. The molecule has 34 heavy (non-hydrogen) atoms. The molecule has 0 saturated carbocycles. The van der Waals surface area contributed by atoms with E-state index in [9.17, 15) is 24.1 Å². The molecule has 180 valence electrons. The van der Waals surface area contributed by atoms with Gasteiger partial charge in [-0.3, -0.25) is 19.7 Å². The predicted molar refractivity (Wildman–Crippen MR) is 126 cm³/mol. The summed E-state index contributed by atoms with van der Waals surface area (Å²) in [5.41, 5.74) is 1.55. The number of benzene rings is 2. The number of non-ortho nitro benzene ring substituents is 1. The largest absolute Gasteiger partial charge is 0.371 e. The molecule has 0 radical (unpaired) electrons. The van der Waals surface area contributed by atoms with Gasteiger partial charge in [-0.2, -0.15) is 0 Å². The topological polar surface area (TPSA) is 95.8 Å². The predicted octanol–water partition coefficient (Wildman–Crippen LogP) is 3.55. The van der Waals surface area contributed by atoms with Gasteiger partial charge in [-0.05, 0) is 49.8 Å². The van der Waals surface area contributed by atoms with Crippen molar-refractivity contribution in [3.8, 4) is 0 Å². The first-order valence-corrected chi connectivity index (χ1v) is 11.8. The summed E-state index contributed by atoms with van der Waals surface area (Å²) in [6.45, 7) is 2.82. The fourth-order valence-corrected chi connectivity index (χ4v) is 4.72. The van der Waals surface area contributed by atoms with Gasteiger partial charge < -0.3 is 15.1 Å². The van der Waals surface area contributed by atoms with Crippen molar-refractivity contribution < 1.29 is 18.9 Å². The van der Waals surface area contributed by atoms with Gasteiger partial charge in [-0.25, -0.2) is 4.39 Å². The molecular formula is C25H29FN4O4. The summed E-state index contributed by atoms with van der Waals surface area (Å²) in [5.74, 6) is -0.814. The van der Waals surface area contributed by atoms with Crippen molar-refractivity contribution in [3.05, 3.63) is 69.5 Å². The van der Waals surface area contributed by atoms with Gasteiger partial charge in [0.1, 0.15) is 5.82 Å². The second-order valence-electron chi connectivity index (χ2n) is 8.85. The van der Waals surface area contributed by atoms with E-state index in [4.69, 9.17) is 0 Å². The molecule has 2 aliphatic heterocycles. The van der Waals surface area contributed by atoms with Crippen LogP contribution < -0.4 is 10.2 Å². The zero-order valence-electron chi connectivity index (χ0n) is 19.0. The van der Waals surface area contributed by atoms with E-state index in [0.29, 0.717) is 50.0 Å². The molecule has 2 fully saturated rings. The minimum atomic E-state index is -0.484. The number of hydrogen-bond donors (Lipinski definition) is 1. The van der Waals surface area contributed by atoms with E-state index < -0.39 is 4.92 Å². The first kappa shape index (κ1) is 23.7. The molecule has 0 atom stereocenters. The number of carbonyl (C=O) groups excluding carboxylic acids is 2. The second kappa shape index (κ2) is 10.6. The number of rotatable bonds is 7. The zero-order valence-corrected chi connectivity index (χ0v) is 19.0. The maximum absolute atomic E-state index is 13.7. The number of nitro groups is 1. The van der Waals surface area contributed by atoms with E-state index in [1.807, 2.05) is 0 Å². The molecule has 2 aliphatic rings. The lowest BCUT2D eigenvalue weighted by molar-refractivity contribution is -0.384. The van der Waals surface area contributed by atoms with Crippen LogP contribution in [0.5, 0.6) is 0 Å². The van der Waals surface area contributed by atoms with E-state index >= 15 is 0 Å². The van der Waals surface area contributed by atoms with Crippen LogP contribution in [0.1, 0.15) is 41.6 Å². The summed E-state index contributed by atoms with van der Waals surface area (Å²) in [6.07, 6.45) is 3.52. The highest BCUT2D eigenvalue weighted by atomic mass is 19.1. The van der Waals surface area contributed by atoms with Crippen molar-refractivity contribution in [2.75, 3.05) is 37.6 Å². The summed E-state index contributed by atoms with van der Waals surface area (Å²) in [7, 11) is 0. The fraction of sp³-hybridized carbons (Fsp3) is 0.440. The molecule has 0 aromatic heterocycles. The third-order valence-corrected chi connectivity index (χ3v) is 6.67. The Bertz CT molecular complexity index is 1060. The smallest absolute Gasteiger partial charge is 0.270 e. The van der Waals surface area contributed by atoms with E-state index in [1.54, 1.807) is 29.2 Å². The molecule has 0 aliphatic carbocycles. The average molecular weight is 469 g/mol. The molecule has 0 spiro atoms. The number of halogens is 1. The van der Waals surface area contributed by atoms with Crippen LogP contribution in [0.25, 0.3) is 0 Å². The van der Waals surface area contributed by atoms with Crippen LogP contribution in [-0.2, 0) is 11.2 Å². The number of nitro benzene ring substituents is 1. The van der Waals surface area contributed by atoms with Crippen LogP contribution in [0.4, 0.5) is 15.8 Å². The first-order valence-electron chi connectivity index (χ1n) is 11.8. The van der Waals surface area contributed by atoms with Gasteiger partial charge in [0.05, 0.1) is 16.2 Å². The van der Waals surface area contributed by atoms with Crippen molar-refractivity contribution in [2.24, 2.45) is 5.92 Å². The number of likely N-dealkylation sites (tertiary alicyclic amines) is 1. The van der Waals surface area contributed by atoms with Crippen molar-refractivity contribution in [2.45, 2.75) is 32.1 Å². The molecule has 0 unspecified atom stereocenters. The molecule has 2 aromatic carbocycles. The average Bonchev–Trinajstić information content (AvgIpc) is 3.39. The summed E-state index contributed by atoms with van der Waals surface area (Å²) < 4.78 is 13.7. The maximum atomic E-state index is 13.7. The molecule has 2 heterocycles. The second-order valence-corrected chi connectivity index (χ2v) is 8.85. The molecule has 2 saturated heterocycles. The number of anilines is 1. The molecule has 4 rings (SSSR count). The van der Waals surface area contributed by atoms with E-state index in [2.05, 4.69) is 10.2 Å². The first-order chi connectivity index (χ1) is 16.4. The Labute approximate surface area is 197 Å². The number of piperidine rings is 1. The SMILES string of the molecule is O=C(NCCc1ccccc1F)C1CCN(C(=O)c2cc([N+](=O)[O-])ccc2N2CCCC2)CC1. The van der Waals surface area contributed by atoms with Gasteiger partial charge in [-0.15, -0.1) is 0 Å². The summed E-state index contributed by atoms with van der Waals surface area (Å²) >= 11 is 0. The van der Waals surface area contributed by atoms with Gasteiger partial charge in [0, 0.05) is 50.8 Å². The third-order valence-electron chi connectivity index (χ3n) is 6.67. The standard InChI is InChI=1S/C25H29FN4O4/c26-22-6-2-1-5-18(22)9-12-27-24(31)19-10-15-29(16-11-19)25(32)21-17-20(30(33)34)7-8-23(21)28-13-3-4-14-28/h1-2,5-8,17,19H,3-4,9-16H2,(H,27,31). The minimum Gasteiger partial charge on any atom is -0.371 e. The van der Waals surface area contributed by atoms with Crippen LogP contribution in [0, 0.1) is 21.8 Å². The number of amides is 2. The highest BCUT2D eigenvalue weighted by Gasteiger charge is 2.30. The van der Waals surface area contributed by atoms with Gasteiger partial charge in [0.25, 0.3) is 11.6 Å². The third kappa shape index (κ3) is 5.35. The van der Waals surface area contributed by atoms with Gasteiger partial charge in [0.15, 0.2) is 0 Å². The Kier molecular flexibility index (Phi) is 7.40. The minimum absolute atomic E-state index is 0.0865. The Hall–Kier alpha value is -3.49. The van der Waals surface area contributed by atoms with E-state index in [1.165, 1.54) is 18.2 Å². The molecule has 0 bridgehead atoms. The van der Waals surface area contributed by atoms with Crippen LogP contribution in [0.15, 0.2) is 42.5 Å². The molecule has 8 nitrogen and oxygen atoms in total. The number of nitrogens with one attached hydrogen (secondary N) is 1. The lowest BCUT2D eigenvalue weighted by Gasteiger charge is -2.32. The van der Waals surface area contributed by atoms with Gasteiger partial charge in [0.2, 0.25) is 5.91 Å². The summed E-state index contributed by atoms with van der Waals surface area (Å²) in [5, 5.41) is 14.2. The zero-order chi connectivity index (χ0) is 24.1. The fourth-order valence-electron chi connectivity index (χ4n) is 4.72. The van der Waals surface area contributed by atoms with E-state index in [-0.39, 0.29) is 29.2 Å². The quantitative estimate of drug-likeness (QED) is 0.495. The molecule has 9 heteroatoms. The lowest BCUT2D eigenvalue weighted by Crippen LogP contribution is -2.43. The van der Waals surface area contributed by atoms with Crippen molar-refractivity contribution in [1.82, 2.24) is 10.2 Å². The monoisotopic (exact) mass is 468 g/mol. The van der Waals surface area contributed by atoms with E-state index in [0.717, 1.165) is 31.6 Å². The van der Waals surface area contributed by atoms with Crippen LogP contribution in [0.3, 0.4) is 0 Å². The maximum Gasteiger partial charge on any atom is 0.270 e. The number of carbonyl (C=O) groups is 2. The van der Waals surface area contributed by atoms with Crippen LogP contribution in [0.2, 0.25) is 0 Å². The molecule has 1 N–H and O–H groups in total. The molecule has 2 aromatic rings. The highest BCUT2D eigenvalue weighted by Crippen LogP contribution is 2.30. The normalized spacial score (nSPS) is 16.5. The van der Waals surface area contributed by atoms with Gasteiger partial charge in [-0.1, -0.05) is 18.2 Å². The summed E-state index contributed by atoms with van der Waals surface area (Å²) in [6, 6.07) is 11.0. The molecule has 2 amide bonds.